The molecule has 28 heavy (non-hydrogen) atoms. The van der Waals surface area contributed by atoms with Crippen LogP contribution in [0, 0.1) is 6.92 Å². The first-order valence-corrected chi connectivity index (χ1v) is 11.4. The molecule has 2 aliphatic carbocycles. The number of carbonyl (C=O) groups is 1. The molecule has 2 aromatic carbocycles. The van der Waals surface area contributed by atoms with Crippen molar-refractivity contribution < 1.29 is 13.2 Å². The fourth-order valence-electron chi connectivity index (χ4n) is 3.57. The second-order valence-electron chi connectivity index (χ2n) is 7.77. The third-order valence-corrected chi connectivity index (χ3v) is 7.39. The number of hydrogen-bond donors (Lipinski definition) is 2. The summed E-state index contributed by atoms with van der Waals surface area (Å²) in [5.74, 6) is -0.254. The zero-order chi connectivity index (χ0) is 19.9. The Balaban J connectivity index is 1.60. The summed E-state index contributed by atoms with van der Waals surface area (Å²) in [4.78, 5) is 13.2. The maximum Gasteiger partial charge on any atom is 0.252 e. The lowest BCUT2D eigenvalue weighted by molar-refractivity contribution is 0.0822. The molecule has 0 radical (unpaired) electrons. The number of sulfonamides is 1. The van der Waals surface area contributed by atoms with Crippen molar-refractivity contribution in [1.29, 1.82) is 0 Å². The first kappa shape index (κ1) is 19.4. The number of halogens is 1. The summed E-state index contributed by atoms with van der Waals surface area (Å²) < 4.78 is 27.7. The Morgan fingerprint density at radius 1 is 1.11 bits per heavy atom. The lowest BCUT2D eigenvalue weighted by Crippen LogP contribution is -2.50. The van der Waals surface area contributed by atoms with Gasteiger partial charge in [0.05, 0.1) is 10.4 Å². The Labute approximate surface area is 170 Å². The average Bonchev–Trinajstić information content (AvgIpc) is 3.42. The SMILES string of the molecule is Cc1ccc(S(=O)(=O)NC2CC2)cc1C(=O)NC1(c2ccc(Cl)cc2)CCC1. The molecule has 0 atom stereocenters. The minimum absolute atomic E-state index is 0.0201. The molecule has 0 unspecified atom stereocenters. The van der Waals surface area contributed by atoms with Gasteiger partial charge >= 0.3 is 0 Å². The van der Waals surface area contributed by atoms with Crippen LogP contribution >= 0.6 is 11.6 Å². The van der Waals surface area contributed by atoms with Gasteiger partial charge in [0.1, 0.15) is 0 Å². The van der Waals surface area contributed by atoms with E-state index in [1.807, 2.05) is 31.2 Å². The first-order valence-electron chi connectivity index (χ1n) is 9.51. The number of carbonyl (C=O) groups excluding carboxylic acids is 1. The molecule has 2 saturated carbocycles. The van der Waals surface area contributed by atoms with E-state index in [1.54, 1.807) is 12.1 Å². The number of hydrogen-bond acceptors (Lipinski definition) is 3. The van der Waals surface area contributed by atoms with Gasteiger partial charge in [-0.05, 0) is 74.4 Å². The van der Waals surface area contributed by atoms with E-state index in [1.165, 1.54) is 6.07 Å². The highest BCUT2D eigenvalue weighted by Gasteiger charge is 2.40. The monoisotopic (exact) mass is 418 g/mol. The molecule has 0 heterocycles. The molecule has 7 heteroatoms. The van der Waals surface area contributed by atoms with E-state index in [4.69, 9.17) is 11.6 Å². The Morgan fingerprint density at radius 3 is 2.36 bits per heavy atom. The molecule has 5 nitrogen and oxygen atoms in total. The van der Waals surface area contributed by atoms with E-state index in [0.717, 1.165) is 43.2 Å². The minimum Gasteiger partial charge on any atom is -0.343 e. The Kier molecular flexibility index (Phi) is 4.98. The number of aryl methyl sites for hydroxylation is 1. The summed E-state index contributed by atoms with van der Waals surface area (Å²) in [5, 5.41) is 3.81. The maximum atomic E-state index is 13.1. The van der Waals surface area contributed by atoms with E-state index < -0.39 is 15.6 Å². The molecule has 2 N–H and O–H groups in total. The zero-order valence-electron chi connectivity index (χ0n) is 15.7. The van der Waals surface area contributed by atoms with Crippen molar-refractivity contribution in [3.8, 4) is 0 Å². The van der Waals surface area contributed by atoms with E-state index in [9.17, 15) is 13.2 Å². The third-order valence-electron chi connectivity index (χ3n) is 5.62. The zero-order valence-corrected chi connectivity index (χ0v) is 17.2. The van der Waals surface area contributed by atoms with Gasteiger partial charge in [-0.25, -0.2) is 13.1 Å². The smallest absolute Gasteiger partial charge is 0.252 e. The van der Waals surface area contributed by atoms with Crippen molar-refractivity contribution in [2.24, 2.45) is 0 Å². The molecular formula is C21H23ClN2O3S. The van der Waals surface area contributed by atoms with E-state index in [0.29, 0.717) is 10.6 Å². The van der Waals surface area contributed by atoms with Gasteiger partial charge in [-0.1, -0.05) is 29.8 Å². The fourth-order valence-corrected chi connectivity index (χ4v) is 5.03. The molecule has 4 rings (SSSR count). The van der Waals surface area contributed by atoms with Crippen LogP contribution in [0.4, 0.5) is 0 Å². The predicted octanol–water partition coefficient (Wildman–Crippen LogP) is 3.90. The van der Waals surface area contributed by atoms with Gasteiger partial charge in [-0.2, -0.15) is 0 Å². The van der Waals surface area contributed by atoms with Crippen LogP contribution in [-0.4, -0.2) is 20.4 Å². The van der Waals surface area contributed by atoms with Gasteiger partial charge in [-0.15, -0.1) is 0 Å². The van der Waals surface area contributed by atoms with Crippen LogP contribution in [0.1, 0.15) is 53.6 Å². The summed E-state index contributed by atoms with van der Waals surface area (Å²) in [6.45, 7) is 1.81. The second-order valence-corrected chi connectivity index (χ2v) is 9.92. The van der Waals surface area contributed by atoms with Gasteiger partial charge in [-0.3, -0.25) is 4.79 Å². The van der Waals surface area contributed by atoms with Crippen LogP contribution in [0.3, 0.4) is 0 Å². The highest BCUT2D eigenvalue weighted by atomic mass is 35.5. The van der Waals surface area contributed by atoms with Crippen molar-refractivity contribution in [1.82, 2.24) is 10.0 Å². The molecule has 1 amide bonds. The Hall–Kier alpha value is -1.89. The quantitative estimate of drug-likeness (QED) is 0.747. The molecule has 0 spiro atoms. The van der Waals surface area contributed by atoms with Crippen LogP contribution in [0.15, 0.2) is 47.4 Å². The molecule has 0 aliphatic heterocycles. The maximum absolute atomic E-state index is 13.1. The molecule has 0 bridgehead atoms. The van der Waals surface area contributed by atoms with Crippen LogP contribution in [-0.2, 0) is 15.6 Å². The number of nitrogens with one attached hydrogen (secondary N) is 2. The van der Waals surface area contributed by atoms with Gasteiger partial charge in [0.15, 0.2) is 0 Å². The van der Waals surface area contributed by atoms with Crippen LogP contribution < -0.4 is 10.0 Å². The molecule has 2 aliphatic rings. The number of amides is 1. The molecule has 0 saturated heterocycles. The van der Waals surface area contributed by atoms with Gasteiger partial charge < -0.3 is 5.32 Å². The molecule has 0 aromatic heterocycles. The van der Waals surface area contributed by atoms with E-state index in [2.05, 4.69) is 10.0 Å². The van der Waals surface area contributed by atoms with Gasteiger partial charge in [0.25, 0.3) is 5.91 Å². The van der Waals surface area contributed by atoms with Crippen molar-refractivity contribution in [3.63, 3.8) is 0 Å². The summed E-state index contributed by atoms with van der Waals surface area (Å²) in [6, 6.07) is 12.3. The molecular weight excluding hydrogens is 396 g/mol. The van der Waals surface area contributed by atoms with Crippen LogP contribution in [0.2, 0.25) is 5.02 Å². The molecule has 148 valence electrons. The summed E-state index contributed by atoms with van der Waals surface area (Å²) >= 11 is 6.00. The Bertz CT molecular complexity index is 1010. The average molecular weight is 419 g/mol. The van der Waals surface area contributed by atoms with Crippen molar-refractivity contribution in [3.05, 3.63) is 64.2 Å². The summed E-state index contributed by atoms with van der Waals surface area (Å²) in [5.41, 5.74) is 1.73. The second kappa shape index (κ2) is 7.17. The van der Waals surface area contributed by atoms with Gasteiger partial charge in [0, 0.05) is 16.6 Å². The van der Waals surface area contributed by atoms with E-state index >= 15 is 0 Å². The topological polar surface area (TPSA) is 75.3 Å². The highest BCUT2D eigenvalue weighted by Crippen LogP contribution is 2.42. The van der Waals surface area contributed by atoms with Gasteiger partial charge in [0.2, 0.25) is 10.0 Å². The number of rotatable bonds is 6. The van der Waals surface area contributed by atoms with Crippen molar-refractivity contribution in [2.45, 2.75) is 55.5 Å². The molecule has 2 fully saturated rings. The normalized spacial score (nSPS) is 18.4. The van der Waals surface area contributed by atoms with Crippen LogP contribution in [0.25, 0.3) is 0 Å². The number of benzene rings is 2. The minimum atomic E-state index is -3.61. The summed E-state index contributed by atoms with van der Waals surface area (Å²) in [6.07, 6.45) is 4.45. The Morgan fingerprint density at radius 2 is 1.79 bits per heavy atom. The van der Waals surface area contributed by atoms with Crippen molar-refractivity contribution in [2.75, 3.05) is 0 Å². The molecule has 2 aromatic rings. The van der Waals surface area contributed by atoms with Crippen molar-refractivity contribution >= 4 is 27.5 Å². The standard InChI is InChI=1S/C21H23ClN2O3S/c1-14-3-10-18(28(26,27)24-17-8-9-17)13-19(14)20(25)23-21(11-2-12-21)15-4-6-16(22)7-5-15/h3-7,10,13,17,24H,2,8-9,11-12H2,1H3,(H,23,25). The van der Waals surface area contributed by atoms with Crippen LogP contribution in [0.5, 0.6) is 0 Å². The lowest BCUT2D eigenvalue weighted by Gasteiger charge is -2.43. The third kappa shape index (κ3) is 3.81. The summed E-state index contributed by atoms with van der Waals surface area (Å²) in [7, 11) is -3.61. The lowest BCUT2D eigenvalue weighted by atomic mass is 9.71. The fraction of sp³-hybridized carbons (Fsp3) is 0.381. The highest BCUT2D eigenvalue weighted by molar-refractivity contribution is 7.89. The largest absolute Gasteiger partial charge is 0.343 e. The predicted molar refractivity (Wildman–Crippen MR) is 109 cm³/mol. The first-order chi connectivity index (χ1) is 13.3. The van der Waals surface area contributed by atoms with E-state index in [-0.39, 0.29) is 16.8 Å².